The van der Waals surface area contributed by atoms with Crippen LogP contribution >= 0.6 is 15.9 Å². The number of hydrogen-bond donors (Lipinski definition) is 2. The average molecular weight is 463 g/mol. The summed E-state index contributed by atoms with van der Waals surface area (Å²) in [4.78, 5) is 4.44. The third-order valence-corrected chi connectivity index (χ3v) is 6.28. The van der Waals surface area contributed by atoms with Crippen LogP contribution < -0.4 is 5.32 Å². The zero-order valence-corrected chi connectivity index (χ0v) is 17.4. The van der Waals surface area contributed by atoms with Crippen molar-refractivity contribution in [2.45, 2.75) is 31.9 Å². The molecule has 150 valence electrons. The highest BCUT2D eigenvalue weighted by Gasteiger charge is 2.61. The van der Waals surface area contributed by atoms with Crippen molar-refractivity contribution < 1.29 is 13.2 Å². The Kier molecular flexibility index (Phi) is 4.73. The Morgan fingerprint density at radius 1 is 1.17 bits per heavy atom. The Morgan fingerprint density at radius 2 is 1.90 bits per heavy atom. The van der Waals surface area contributed by atoms with E-state index in [1.807, 2.05) is 6.92 Å². The fraction of sp³-hybridized carbons (Fsp3) is 0.286. The van der Waals surface area contributed by atoms with Gasteiger partial charge in [0.1, 0.15) is 0 Å². The van der Waals surface area contributed by atoms with E-state index in [1.165, 1.54) is 11.9 Å². The van der Waals surface area contributed by atoms with E-state index in [9.17, 15) is 13.2 Å². The lowest BCUT2D eigenvalue weighted by molar-refractivity contribution is -0.251. The van der Waals surface area contributed by atoms with Crippen LogP contribution in [0.15, 0.2) is 41.0 Å². The number of benzene rings is 2. The van der Waals surface area contributed by atoms with Gasteiger partial charge in [-0.05, 0) is 54.9 Å². The van der Waals surface area contributed by atoms with Gasteiger partial charge in [0.05, 0.1) is 11.6 Å². The summed E-state index contributed by atoms with van der Waals surface area (Å²) in [6, 6.07) is 10.5. The molecule has 0 saturated carbocycles. The van der Waals surface area contributed by atoms with Crippen LogP contribution in [-0.4, -0.2) is 23.1 Å². The molecule has 3 aromatic rings. The van der Waals surface area contributed by atoms with Crippen molar-refractivity contribution in [1.82, 2.24) is 15.2 Å². The van der Waals surface area contributed by atoms with Gasteiger partial charge in [-0.3, -0.25) is 10.2 Å². The minimum Gasteiger partial charge on any atom is -0.361 e. The average Bonchev–Trinajstić information content (AvgIpc) is 3.30. The lowest BCUT2D eigenvalue weighted by Crippen LogP contribution is -2.62. The number of aromatic nitrogens is 1. The number of aryl methyl sites for hydroxylation is 1. The van der Waals surface area contributed by atoms with Crippen LogP contribution in [0.25, 0.3) is 10.9 Å². The van der Waals surface area contributed by atoms with Crippen molar-refractivity contribution in [1.29, 1.82) is 5.26 Å². The highest BCUT2D eigenvalue weighted by molar-refractivity contribution is 9.10. The van der Waals surface area contributed by atoms with Crippen LogP contribution in [-0.2, 0) is 18.8 Å². The molecule has 2 heterocycles. The monoisotopic (exact) mass is 462 g/mol. The van der Waals surface area contributed by atoms with Gasteiger partial charge >= 0.3 is 6.18 Å². The normalized spacial score (nSPS) is 16.6. The maximum Gasteiger partial charge on any atom is 0.424 e. The van der Waals surface area contributed by atoms with Gasteiger partial charge in [0.15, 0.2) is 5.66 Å². The van der Waals surface area contributed by atoms with E-state index in [0.29, 0.717) is 20.9 Å². The molecule has 1 aliphatic heterocycles. The number of rotatable bonds is 3. The van der Waals surface area contributed by atoms with Crippen molar-refractivity contribution in [3.05, 3.63) is 68.8 Å². The zero-order chi connectivity index (χ0) is 21.0. The molecule has 0 spiro atoms. The first-order chi connectivity index (χ1) is 13.7. The molecule has 8 heteroatoms. The zero-order valence-electron chi connectivity index (χ0n) is 15.8. The first kappa shape index (κ1) is 20.0. The second kappa shape index (κ2) is 6.87. The Labute approximate surface area is 174 Å². The van der Waals surface area contributed by atoms with Crippen LogP contribution in [0.4, 0.5) is 13.2 Å². The van der Waals surface area contributed by atoms with E-state index in [0.717, 1.165) is 16.7 Å². The van der Waals surface area contributed by atoms with Gasteiger partial charge in [0.2, 0.25) is 0 Å². The molecule has 2 aromatic carbocycles. The molecular weight excluding hydrogens is 445 g/mol. The van der Waals surface area contributed by atoms with Crippen molar-refractivity contribution in [2.24, 2.45) is 0 Å². The molecule has 0 saturated heterocycles. The van der Waals surface area contributed by atoms with Gasteiger partial charge in [-0.1, -0.05) is 22.0 Å². The Bertz CT molecular complexity index is 1150. The summed E-state index contributed by atoms with van der Waals surface area (Å²) in [7, 11) is 1.34. The summed E-state index contributed by atoms with van der Waals surface area (Å²) < 4.78 is 44.8. The standard InChI is InChI=1S/C21H18BrF3N4/c1-12-7-17(22)18(16-5-6-28-19(12)16)20(27-2,21(23,24)25)29-10-14-4-3-13(9-26)8-15(14)11-29/h3-8,27-28H,10-11H2,1-2H3. The molecule has 0 bridgehead atoms. The number of nitrogens with zero attached hydrogens (tertiary/aromatic N) is 2. The molecule has 4 nitrogen and oxygen atoms in total. The molecular formula is C21H18BrF3N4. The van der Waals surface area contributed by atoms with Crippen LogP contribution in [0.2, 0.25) is 0 Å². The quantitative estimate of drug-likeness (QED) is 0.571. The predicted octanol–water partition coefficient (Wildman–Crippen LogP) is 5.06. The van der Waals surface area contributed by atoms with E-state index < -0.39 is 11.8 Å². The van der Waals surface area contributed by atoms with Gasteiger partial charge in [-0.25, -0.2) is 0 Å². The summed E-state index contributed by atoms with van der Waals surface area (Å²) in [6.07, 6.45) is -2.95. The molecule has 0 aliphatic carbocycles. The summed E-state index contributed by atoms with van der Waals surface area (Å²) in [5.74, 6) is 0. The maximum absolute atomic E-state index is 14.8. The highest BCUT2D eigenvalue weighted by atomic mass is 79.9. The van der Waals surface area contributed by atoms with Crippen molar-refractivity contribution in [2.75, 3.05) is 7.05 Å². The number of fused-ring (bicyclic) bond motifs is 2. The first-order valence-corrected chi connectivity index (χ1v) is 9.81. The second-order valence-electron chi connectivity index (χ2n) is 7.23. The Hall–Kier alpha value is -2.34. The van der Waals surface area contributed by atoms with Crippen molar-refractivity contribution >= 4 is 26.8 Å². The molecule has 1 unspecified atom stereocenters. The van der Waals surface area contributed by atoms with Crippen LogP contribution in [0, 0.1) is 18.3 Å². The lowest BCUT2D eigenvalue weighted by atomic mass is 9.92. The fourth-order valence-corrected chi connectivity index (χ4v) is 5.18. The van der Waals surface area contributed by atoms with Crippen molar-refractivity contribution in [3.63, 3.8) is 0 Å². The minimum absolute atomic E-state index is 0.0808. The van der Waals surface area contributed by atoms with Crippen LogP contribution in [0.5, 0.6) is 0 Å². The maximum atomic E-state index is 14.8. The van der Waals surface area contributed by atoms with Gasteiger partial charge in [-0.15, -0.1) is 0 Å². The predicted molar refractivity (Wildman–Crippen MR) is 108 cm³/mol. The molecule has 0 fully saturated rings. The largest absolute Gasteiger partial charge is 0.424 e. The molecule has 2 N–H and O–H groups in total. The van der Waals surface area contributed by atoms with E-state index in [1.54, 1.807) is 36.5 Å². The molecule has 4 rings (SSSR count). The SMILES string of the molecule is CNC(c1c(Br)cc(C)c2[nH]ccc12)(N1Cc2ccc(C#N)cc2C1)C(F)(F)F. The fourth-order valence-electron chi connectivity index (χ4n) is 4.34. The van der Waals surface area contributed by atoms with E-state index in [2.05, 4.69) is 32.3 Å². The smallest absolute Gasteiger partial charge is 0.361 e. The topological polar surface area (TPSA) is 54.9 Å². The van der Waals surface area contributed by atoms with Crippen LogP contribution in [0.1, 0.15) is 27.8 Å². The molecule has 29 heavy (non-hydrogen) atoms. The number of nitrogens with one attached hydrogen (secondary N) is 2. The van der Waals surface area contributed by atoms with Gasteiger partial charge < -0.3 is 4.98 Å². The number of halogens is 4. The number of aromatic amines is 1. The Balaban J connectivity index is 1.95. The van der Waals surface area contributed by atoms with E-state index in [4.69, 9.17) is 5.26 Å². The number of hydrogen-bond acceptors (Lipinski definition) is 3. The summed E-state index contributed by atoms with van der Waals surface area (Å²) in [5, 5.41) is 12.3. The summed E-state index contributed by atoms with van der Waals surface area (Å²) in [6.45, 7) is 2.06. The lowest BCUT2D eigenvalue weighted by Gasteiger charge is -2.44. The molecule has 1 aliphatic rings. The Morgan fingerprint density at radius 3 is 2.55 bits per heavy atom. The van der Waals surface area contributed by atoms with E-state index in [-0.39, 0.29) is 18.7 Å². The minimum atomic E-state index is -4.61. The van der Waals surface area contributed by atoms with Gasteiger partial charge in [-0.2, -0.15) is 18.4 Å². The third kappa shape index (κ3) is 2.88. The van der Waals surface area contributed by atoms with Gasteiger partial charge in [0, 0.05) is 40.2 Å². The van der Waals surface area contributed by atoms with Gasteiger partial charge in [0.25, 0.3) is 0 Å². The number of H-pyrrole nitrogens is 1. The molecule has 0 amide bonds. The summed E-state index contributed by atoms with van der Waals surface area (Å²) >= 11 is 3.40. The highest BCUT2D eigenvalue weighted by Crippen LogP contribution is 2.49. The first-order valence-electron chi connectivity index (χ1n) is 9.02. The molecule has 1 atom stereocenters. The number of alkyl halides is 3. The molecule has 1 aromatic heterocycles. The molecule has 0 radical (unpaired) electrons. The van der Waals surface area contributed by atoms with Crippen LogP contribution in [0.3, 0.4) is 0 Å². The number of nitriles is 1. The van der Waals surface area contributed by atoms with E-state index >= 15 is 0 Å². The van der Waals surface area contributed by atoms with Crippen molar-refractivity contribution in [3.8, 4) is 6.07 Å². The second-order valence-corrected chi connectivity index (χ2v) is 8.08. The summed E-state index contributed by atoms with van der Waals surface area (Å²) in [5.41, 5.74) is 1.22. The third-order valence-electron chi connectivity index (χ3n) is 5.66.